The van der Waals surface area contributed by atoms with Gasteiger partial charge in [0.25, 0.3) is 0 Å². The molecule has 2 nitrogen and oxygen atoms in total. The number of alkyl halides is 1. The molecule has 0 heterocycles. The van der Waals surface area contributed by atoms with Gasteiger partial charge in [-0.2, -0.15) is 0 Å². The molecule has 1 unspecified atom stereocenters. The summed E-state index contributed by atoms with van der Waals surface area (Å²) in [5.41, 5.74) is 0.359. The third-order valence-electron chi connectivity index (χ3n) is 1.78. The minimum absolute atomic E-state index is 0.192. The molecule has 0 aromatic carbocycles. The Kier molecular flexibility index (Phi) is 2.98. The van der Waals surface area contributed by atoms with Crippen molar-refractivity contribution in [2.75, 3.05) is 6.26 Å². The number of thioether (sulfide) groups is 1. The van der Waals surface area contributed by atoms with E-state index < -0.39 is 12.1 Å². The van der Waals surface area contributed by atoms with Crippen LogP contribution in [0.1, 0.15) is 6.42 Å². The molecule has 0 saturated heterocycles. The van der Waals surface area contributed by atoms with Crippen molar-refractivity contribution in [3.05, 3.63) is 23.7 Å². The first-order valence-corrected chi connectivity index (χ1v) is 4.79. The van der Waals surface area contributed by atoms with Crippen LogP contribution < -0.4 is 0 Å². The lowest BCUT2D eigenvalue weighted by molar-refractivity contribution is 0.356. The van der Waals surface area contributed by atoms with Crippen LogP contribution >= 0.6 is 11.8 Å². The van der Waals surface area contributed by atoms with Crippen molar-refractivity contribution in [3.8, 4) is 0 Å². The standard InChI is InChI=1S/C7H10BFO2S/c1-12-7(9)4-2-6(3-5-7)8(10)11/h2-4,10-11H,5H2,1H3. The molecule has 0 aromatic heterocycles. The molecule has 0 aliphatic heterocycles. The maximum Gasteiger partial charge on any atom is 0.488 e. The fraction of sp³-hybridized carbons (Fsp3) is 0.429. The Morgan fingerprint density at radius 3 is 2.67 bits per heavy atom. The predicted octanol–water partition coefficient (Wildman–Crippen LogP) is 0.913. The second-order valence-electron chi connectivity index (χ2n) is 2.61. The van der Waals surface area contributed by atoms with E-state index in [4.69, 9.17) is 10.0 Å². The summed E-state index contributed by atoms with van der Waals surface area (Å²) in [5, 5.41) is 16.1. The molecule has 66 valence electrons. The van der Waals surface area contributed by atoms with E-state index in [2.05, 4.69) is 0 Å². The second kappa shape index (κ2) is 3.64. The van der Waals surface area contributed by atoms with Gasteiger partial charge >= 0.3 is 7.12 Å². The molecule has 0 saturated carbocycles. The Hall–Kier alpha value is -0.255. The van der Waals surface area contributed by atoms with Crippen LogP contribution in [0.25, 0.3) is 0 Å². The highest BCUT2D eigenvalue weighted by Gasteiger charge is 2.28. The van der Waals surface area contributed by atoms with Crippen LogP contribution in [-0.4, -0.2) is 28.4 Å². The zero-order valence-corrected chi connectivity index (χ0v) is 7.51. The largest absolute Gasteiger partial charge is 0.488 e. The van der Waals surface area contributed by atoms with Gasteiger partial charge in [0.15, 0.2) is 5.00 Å². The first kappa shape index (κ1) is 9.83. The lowest BCUT2D eigenvalue weighted by Crippen LogP contribution is -2.21. The molecule has 5 heteroatoms. The molecule has 0 bridgehead atoms. The van der Waals surface area contributed by atoms with Gasteiger partial charge < -0.3 is 10.0 Å². The zero-order chi connectivity index (χ0) is 9.19. The predicted molar refractivity (Wildman–Crippen MR) is 49.4 cm³/mol. The maximum absolute atomic E-state index is 13.4. The summed E-state index contributed by atoms with van der Waals surface area (Å²) < 4.78 is 13.4. The summed E-state index contributed by atoms with van der Waals surface area (Å²) >= 11 is 1.10. The maximum atomic E-state index is 13.4. The lowest BCUT2D eigenvalue weighted by Gasteiger charge is -2.21. The Labute approximate surface area is 75.3 Å². The smallest absolute Gasteiger partial charge is 0.423 e. The molecule has 1 aliphatic rings. The van der Waals surface area contributed by atoms with E-state index in [1.165, 1.54) is 18.2 Å². The van der Waals surface area contributed by atoms with Gasteiger partial charge in [0.1, 0.15) is 0 Å². The Bertz CT molecular complexity index is 229. The molecular formula is C7H10BFO2S. The molecule has 1 rings (SSSR count). The first-order valence-electron chi connectivity index (χ1n) is 3.57. The van der Waals surface area contributed by atoms with Gasteiger partial charge in [-0.1, -0.05) is 12.2 Å². The summed E-state index contributed by atoms with van der Waals surface area (Å²) in [7, 11) is -1.49. The number of halogens is 1. The van der Waals surface area contributed by atoms with Crippen LogP contribution in [0.4, 0.5) is 4.39 Å². The summed E-state index contributed by atoms with van der Waals surface area (Å²) in [4.78, 5) is 0. The Morgan fingerprint density at radius 2 is 2.33 bits per heavy atom. The minimum atomic E-state index is -1.49. The van der Waals surface area contributed by atoms with Crippen LogP contribution in [-0.2, 0) is 0 Å². The lowest BCUT2D eigenvalue weighted by atomic mass is 9.76. The van der Waals surface area contributed by atoms with Crippen LogP contribution in [0.2, 0.25) is 0 Å². The average Bonchev–Trinajstić information content (AvgIpc) is 2.05. The average molecular weight is 188 g/mol. The number of rotatable bonds is 2. The van der Waals surface area contributed by atoms with Gasteiger partial charge in [-0.15, -0.1) is 11.8 Å². The van der Waals surface area contributed by atoms with Crippen molar-refractivity contribution in [3.63, 3.8) is 0 Å². The molecule has 2 N–H and O–H groups in total. The third-order valence-corrected chi connectivity index (χ3v) is 2.76. The summed E-state index contributed by atoms with van der Waals surface area (Å²) in [6.45, 7) is 0. The SMILES string of the molecule is CSC1(F)C=CC(B(O)O)=CC1. The number of hydrogen-bond donors (Lipinski definition) is 2. The minimum Gasteiger partial charge on any atom is -0.423 e. The van der Waals surface area contributed by atoms with E-state index in [-0.39, 0.29) is 6.42 Å². The second-order valence-corrected chi connectivity index (χ2v) is 3.69. The number of allylic oxidation sites excluding steroid dienone is 3. The zero-order valence-electron chi connectivity index (χ0n) is 6.70. The van der Waals surface area contributed by atoms with Gasteiger partial charge in [-0.25, -0.2) is 4.39 Å². The molecule has 0 aromatic rings. The first-order chi connectivity index (χ1) is 5.57. The molecule has 1 atom stereocenters. The molecule has 1 aliphatic carbocycles. The van der Waals surface area contributed by atoms with Gasteiger partial charge in [-0.05, 0) is 17.8 Å². The van der Waals surface area contributed by atoms with Gasteiger partial charge in [0, 0.05) is 6.42 Å². The molecule has 0 spiro atoms. The van der Waals surface area contributed by atoms with E-state index in [1.54, 1.807) is 6.26 Å². The van der Waals surface area contributed by atoms with E-state index in [0.717, 1.165) is 11.8 Å². The van der Waals surface area contributed by atoms with Crippen molar-refractivity contribution in [1.29, 1.82) is 0 Å². The highest BCUT2D eigenvalue weighted by atomic mass is 32.2. The molecule has 0 fully saturated rings. The summed E-state index contributed by atoms with van der Waals surface area (Å²) in [5.74, 6) is 0. The van der Waals surface area contributed by atoms with E-state index in [9.17, 15) is 4.39 Å². The third kappa shape index (κ3) is 2.12. The van der Waals surface area contributed by atoms with Crippen molar-refractivity contribution in [1.82, 2.24) is 0 Å². The fourth-order valence-corrected chi connectivity index (χ4v) is 1.41. The molecule has 12 heavy (non-hydrogen) atoms. The molecular weight excluding hydrogens is 178 g/mol. The Balaban J connectivity index is 2.67. The normalized spacial score (nSPS) is 28.5. The van der Waals surface area contributed by atoms with Gasteiger partial charge in [0.05, 0.1) is 0 Å². The summed E-state index contributed by atoms with van der Waals surface area (Å²) in [6.07, 6.45) is 6.13. The molecule has 0 radical (unpaired) electrons. The topological polar surface area (TPSA) is 40.5 Å². The van der Waals surface area contributed by atoms with E-state index in [0.29, 0.717) is 5.47 Å². The van der Waals surface area contributed by atoms with E-state index >= 15 is 0 Å². The monoisotopic (exact) mass is 188 g/mol. The van der Waals surface area contributed by atoms with Crippen LogP contribution in [0.5, 0.6) is 0 Å². The van der Waals surface area contributed by atoms with Crippen LogP contribution in [0.3, 0.4) is 0 Å². The van der Waals surface area contributed by atoms with Gasteiger partial charge in [0.2, 0.25) is 0 Å². The van der Waals surface area contributed by atoms with Crippen LogP contribution in [0.15, 0.2) is 23.7 Å². The highest BCUT2D eigenvalue weighted by Crippen LogP contribution is 2.34. The van der Waals surface area contributed by atoms with E-state index in [1.807, 2.05) is 0 Å². The number of hydrogen-bond acceptors (Lipinski definition) is 3. The quantitative estimate of drug-likeness (QED) is 0.633. The fourth-order valence-electron chi connectivity index (χ4n) is 0.957. The van der Waals surface area contributed by atoms with Crippen molar-refractivity contribution < 1.29 is 14.4 Å². The van der Waals surface area contributed by atoms with Crippen molar-refractivity contribution in [2.24, 2.45) is 0 Å². The summed E-state index contributed by atoms with van der Waals surface area (Å²) in [6, 6.07) is 0. The van der Waals surface area contributed by atoms with Crippen molar-refractivity contribution in [2.45, 2.75) is 11.4 Å². The highest BCUT2D eigenvalue weighted by molar-refractivity contribution is 8.00. The van der Waals surface area contributed by atoms with Gasteiger partial charge in [-0.3, -0.25) is 0 Å². The molecule has 0 amide bonds. The Morgan fingerprint density at radius 1 is 1.67 bits per heavy atom. The van der Waals surface area contributed by atoms with Crippen molar-refractivity contribution >= 4 is 18.9 Å². The van der Waals surface area contributed by atoms with Crippen LogP contribution in [0, 0.1) is 0 Å².